The van der Waals surface area contributed by atoms with Crippen molar-refractivity contribution in [2.75, 3.05) is 6.61 Å². The molecule has 4 atom stereocenters. The molecule has 2 fully saturated rings. The Bertz CT molecular complexity index is 217. The normalized spacial score (nSPS) is 41.0. The first-order chi connectivity index (χ1) is 7.15. The third-order valence-corrected chi connectivity index (χ3v) is 4.11. The van der Waals surface area contributed by atoms with E-state index in [2.05, 4.69) is 20.8 Å². The van der Waals surface area contributed by atoms with E-state index in [0.717, 1.165) is 12.5 Å². The summed E-state index contributed by atoms with van der Waals surface area (Å²) in [7, 11) is 0. The van der Waals surface area contributed by atoms with Gasteiger partial charge in [0.15, 0.2) is 0 Å². The van der Waals surface area contributed by atoms with Crippen molar-refractivity contribution in [3.8, 4) is 0 Å². The van der Waals surface area contributed by atoms with Crippen LogP contribution in [0.4, 0.5) is 0 Å². The molecule has 1 saturated carbocycles. The average molecular weight is 212 g/mol. The number of rotatable bonds is 5. The Morgan fingerprint density at radius 3 is 3.00 bits per heavy atom. The first-order valence-corrected chi connectivity index (χ1v) is 6.45. The summed E-state index contributed by atoms with van der Waals surface area (Å²) >= 11 is 0. The van der Waals surface area contributed by atoms with Crippen LogP contribution in [0.2, 0.25) is 0 Å². The zero-order chi connectivity index (χ0) is 10.9. The van der Waals surface area contributed by atoms with Crippen molar-refractivity contribution in [2.24, 2.45) is 5.92 Å². The molecule has 0 aromatic heterocycles. The molecule has 88 valence electrons. The highest BCUT2D eigenvalue weighted by molar-refractivity contribution is 5.04. The van der Waals surface area contributed by atoms with E-state index >= 15 is 0 Å². The summed E-state index contributed by atoms with van der Waals surface area (Å²) in [5.74, 6) is 0.724. The molecule has 0 aromatic carbocycles. The fourth-order valence-electron chi connectivity index (χ4n) is 2.65. The van der Waals surface area contributed by atoms with E-state index in [0.29, 0.717) is 12.2 Å². The molecule has 0 amide bonds. The molecule has 1 aliphatic carbocycles. The quantitative estimate of drug-likeness (QED) is 0.516. The predicted octanol–water partition coefficient (Wildman–Crippen LogP) is 3.15. The molecule has 0 aromatic rings. The van der Waals surface area contributed by atoms with Crippen LogP contribution in [0.15, 0.2) is 0 Å². The minimum atomic E-state index is 0.250. The zero-order valence-electron chi connectivity index (χ0n) is 10.3. The number of epoxide rings is 1. The lowest BCUT2D eigenvalue weighted by molar-refractivity contribution is 0.0123. The molecule has 15 heavy (non-hydrogen) atoms. The van der Waals surface area contributed by atoms with Crippen LogP contribution in [0.5, 0.6) is 0 Å². The molecular weight excluding hydrogens is 188 g/mol. The van der Waals surface area contributed by atoms with Crippen LogP contribution >= 0.6 is 0 Å². The molecule has 1 saturated heterocycles. The zero-order valence-corrected chi connectivity index (χ0v) is 10.3. The van der Waals surface area contributed by atoms with Gasteiger partial charge >= 0.3 is 0 Å². The molecular formula is C13H24O2. The topological polar surface area (TPSA) is 21.8 Å². The lowest BCUT2D eigenvalue weighted by Gasteiger charge is -2.27. The van der Waals surface area contributed by atoms with Gasteiger partial charge in [-0.25, -0.2) is 0 Å². The third-order valence-electron chi connectivity index (χ3n) is 4.11. The van der Waals surface area contributed by atoms with Crippen LogP contribution in [0.25, 0.3) is 0 Å². The van der Waals surface area contributed by atoms with Crippen LogP contribution in [-0.4, -0.2) is 24.4 Å². The first-order valence-electron chi connectivity index (χ1n) is 6.45. The molecule has 2 aliphatic rings. The molecule has 0 N–H and O–H groups in total. The van der Waals surface area contributed by atoms with E-state index in [9.17, 15) is 0 Å². The Morgan fingerprint density at radius 2 is 2.33 bits per heavy atom. The van der Waals surface area contributed by atoms with Gasteiger partial charge in [0.25, 0.3) is 0 Å². The van der Waals surface area contributed by atoms with Gasteiger partial charge in [0, 0.05) is 6.61 Å². The number of hydrogen-bond acceptors (Lipinski definition) is 2. The van der Waals surface area contributed by atoms with Crippen LogP contribution in [0.3, 0.4) is 0 Å². The molecule has 0 spiro atoms. The van der Waals surface area contributed by atoms with E-state index in [1.165, 1.54) is 32.1 Å². The van der Waals surface area contributed by atoms with Crippen molar-refractivity contribution in [3.63, 3.8) is 0 Å². The predicted molar refractivity (Wildman–Crippen MR) is 60.9 cm³/mol. The van der Waals surface area contributed by atoms with Crippen LogP contribution in [0, 0.1) is 5.92 Å². The second kappa shape index (κ2) is 4.42. The summed E-state index contributed by atoms with van der Waals surface area (Å²) in [4.78, 5) is 0. The van der Waals surface area contributed by atoms with Gasteiger partial charge in [-0.1, -0.05) is 13.3 Å². The van der Waals surface area contributed by atoms with E-state index in [1.807, 2.05) is 0 Å². The average Bonchev–Trinajstić information content (AvgIpc) is 2.88. The highest BCUT2D eigenvalue weighted by atomic mass is 16.6. The Kier molecular flexibility index (Phi) is 3.36. The second-order valence-electron chi connectivity index (χ2n) is 5.38. The number of hydrogen-bond donors (Lipinski definition) is 0. The van der Waals surface area contributed by atoms with Crippen molar-refractivity contribution in [2.45, 2.75) is 70.7 Å². The molecule has 1 heterocycles. The van der Waals surface area contributed by atoms with E-state index in [4.69, 9.17) is 9.47 Å². The fraction of sp³-hybridized carbons (Fsp3) is 1.00. The summed E-state index contributed by atoms with van der Waals surface area (Å²) in [6.07, 6.45) is 7.09. The monoisotopic (exact) mass is 212 g/mol. The second-order valence-corrected chi connectivity index (χ2v) is 5.38. The van der Waals surface area contributed by atoms with E-state index < -0.39 is 0 Å². The van der Waals surface area contributed by atoms with Gasteiger partial charge in [-0.2, -0.15) is 0 Å². The Hall–Kier alpha value is -0.0800. The summed E-state index contributed by atoms with van der Waals surface area (Å²) in [5.41, 5.74) is 0.250. The van der Waals surface area contributed by atoms with Gasteiger partial charge in [-0.3, -0.25) is 0 Å². The van der Waals surface area contributed by atoms with Crippen molar-refractivity contribution in [1.82, 2.24) is 0 Å². The molecule has 2 heteroatoms. The van der Waals surface area contributed by atoms with Gasteiger partial charge in [0.2, 0.25) is 0 Å². The lowest BCUT2D eigenvalue weighted by Crippen LogP contribution is -2.29. The van der Waals surface area contributed by atoms with Crippen LogP contribution in [-0.2, 0) is 9.47 Å². The number of unbranched alkanes of at least 4 members (excludes halogenated alkanes) is 1. The van der Waals surface area contributed by atoms with Gasteiger partial charge in [0.05, 0.1) is 17.8 Å². The SMILES string of the molecule is CCCCOC(C)C1CCC2(C)OC2C1. The van der Waals surface area contributed by atoms with Gasteiger partial charge < -0.3 is 9.47 Å². The van der Waals surface area contributed by atoms with E-state index in [-0.39, 0.29) is 5.60 Å². The Balaban J connectivity index is 1.70. The summed E-state index contributed by atoms with van der Waals surface area (Å²) in [6.45, 7) is 7.61. The Labute approximate surface area is 93.3 Å². The van der Waals surface area contributed by atoms with Crippen molar-refractivity contribution in [1.29, 1.82) is 0 Å². The minimum Gasteiger partial charge on any atom is -0.378 e. The maximum Gasteiger partial charge on any atom is 0.0920 e. The van der Waals surface area contributed by atoms with Crippen molar-refractivity contribution < 1.29 is 9.47 Å². The van der Waals surface area contributed by atoms with Crippen LogP contribution in [0.1, 0.15) is 52.9 Å². The van der Waals surface area contributed by atoms with Gasteiger partial charge in [0.1, 0.15) is 0 Å². The van der Waals surface area contributed by atoms with Gasteiger partial charge in [-0.15, -0.1) is 0 Å². The first kappa shape index (κ1) is 11.4. The summed E-state index contributed by atoms with van der Waals surface area (Å²) in [5, 5.41) is 0. The maximum atomic E-state index is 5.87. The molecule has 1 aliphatic heterocycles. The highest BCUT2D eigenvalue weighted by Crippen LogP contribution is 2.50. The maximum absolute atomic E-state index is 5.87. The third kappa shape index (κ3) is 2.54. The minimum absolute atomic E-state index is 0.250. The highest BCUT2D eigenvalue weighted by Gasteiger charge is 2.55. The molecule has 2 rings (SSSR count). The molecule has 0 bridgehead atoms. The Morgan fingerprint density at radius 1 is 1.53 bits per heavy atom. The molecule has 2 nitrogen and oxygen atoms in total. The largest absolute Gasteiger partial charge is 0.378 e. The fourth-order valence-corrected chi connectivity index (χ4v) is 2.65. The lowest BCUT2D eigenvalue weighted by atomic mass is 9.80. The molecule has 4 unspecified atom stereocenters. The summed E-state index contributed by atoms with van der Waals surface area (Å²) in [6, 6.07) is 0. The van der Waals surface area contributed by atoms with Crippen molar-refractivity contribution >= 4 is 0 Å². The van der Waals surface area contributed by atoms with E-state index in [1.54, 1.807) is 0 Å². The van der Waals surface area contributed by atoms with Gasteiger partial charge in [-0.05, 0) is 45.4 Å². The van der Waals surface area contributed by atoms with Crippen LogP contribution < -0.4 is 0 Å². The smallest absolute Gasteiger partial charge is 0.0920 e. The number of fused-ring (bicyclic) bond motifs is 1. The summed E-state index contributed by atoms with van der Waals surface area (Å²) < 4.78 is 11.6. The number of ether oxygens (including phenoxy) is 2. The standard InChI is InChI=1S/C13H24O2/c1-4-5-8-14-10(2)11-6-7-13(3)12(9-11)15-13/h10-12H,4-9H2,1-3H3. The molecule has 0 radical (unpaired) electrons. The van der Waals surface area contributed by atoms with Crippen molar-refractivity contribution in [3.05, 3.63) is 0 Å².